The third-order valence-electron chi connectivity index (χ3n) is 9.60. The molecule has 3 fully saturated rings. The van der Waals surface area contributed by atoms with Crippen LogP contribution in [0.3, 0.4) is 0 Å². The van der Waals surface area contributed by atoms with Gasteiger partial charge in [-0.05, 0) is 0 Å². The van der Waals surface area contributed by atoms with Gasteiger partial charge in [-0.25, -0.2) is 0 Å². The van der Waals surface area contributed by atoms with E-state index in [1.165, 1.54) is 0 Å². The molecule has 9 atom stereocenters. The average molecular weight is 497 g/mol. The van der Waals surface area contributed by atoms with Crippen LogP contribution >= 0.6 is 0 Å². The summed E-state index contributed by atoms with van der Waals surface area (Å²) in [7, 11) is 0. The molecular weight excluding hydrogens is 463 g/mol. The summed E-state index contributed by atoms with van der Waals surface area (Å²) in [6.45, 7) is 6.06. The number of aliphatic carboxylic acids is 1. The van der Waals surface area contributed by atoms with Crippen molar-refractivity contribution in [2.24, 2.45) is 34.5 Å². The first-order chi connectivity index (χ1) is 16.2. The fraction of sp³-hybridized carbons (Fsp3) is 0.692. The van der Waals surface area contributed by atoms with E-state index in [1.807, 2.05) is 13.0 Å². The molecule has 4 rings (SSSR count). The molecule has 4 aliphatic carbocycles. The van der Waals surface area contributed by atoms with Gasteiger partial charge in [-0.15, -0.1) is 0 Å². The van der Waals surface area contributed by atoms with Gasteiger partial charge < -0.3 is 0 Å². The molecule has 0 aromatic rings. The number of carbonyl (C=O) groups is 4. The second-order valence-corrected chi connectivity index (χ2v) is 12.6. The first-order valence-corrected chi connectivity index (χ1v) is 13.7. The van der Waals surface area contributed by atoms with Gasteiger partial charge in [0.05, 0.1) is 0 Å². The monoisotopic (exact) mass is 496 g/mol. The van der Waals surface area contributed by atoms with Crippen LogP contribution in [-0.4, -0.2) is 81.8 Å². The molecule has 0 heterocycles. The molecule has 186 valence electrons. The van der Waals surface area contributed by atoms with E-state index >= 15 is 0 Å². The van der Waals surface area contributed by atoms with Gasteiger partial charge in [-0.3, -0.25) is 0 Å². The van der Waals surface area contributed by atoms with Crippen molar-refractivity contribution in [3.05, 3.63) is 23.8 Å². The summed E-state index contributed by atoms with van der Waals surface area (Å²) in [4.78, 5) is 48.4. The summed E-state index contributed by atoms with van der Waals surface area (Å²) >= 11 is 0.165. The van der Waals surface area contributed by atoms with Crippen LogP contribution in [0.4, 0.5) is 0 Å². The number of esters is 1. The predicted molar refractivity (Wildman–Crippen MR) is 125 cm³/mol. The molecule has 0 spiro atoms. The molecule has 0 radical (unpaired) electrons. The van der Waals surface area contributed by atoms with Crippen LogP contribution in [0.1, 0.15) is 59.3 Å². The van der Waals surface area contributed by atoms with Gasteiger partial charge in [0.2, 0.25) is 0 Å². The number of hydrogen-bond donors (Lipinski definition) is 3. The topological polar surface area (TPSA) is 138 Å². The molecule has 0 saturated heterocycles. The summed E-state index contributed by atoms with van der Waals surface area (Å²) < 4.78 is 4.16. The van der Waals surface area contributed by atoms with Gasteiger partial charge in [0.15, 0.2) is 0 Å². The molecule has 0 aliphatic heterocycles. The molecule has 3 N–H and O–H groups in total. The van der Waals surface area contributed by atoms with Crippen molar-refractivity contribution in [3.63, 3.8) is 0 Å². The summed E-state index contributed by atoms with van der Waals surface area (Å²) in [5.41, 5.74) is -2.03. The van der Waals surface area contributed by atoms with Gasteiger partial charge in [-0.2, -0.15) is 0 Å². The SMILES string of the molecule is C[C@H]1C[C@@H]2[C@H](C(O)C[C@@]3(C)[C@H]2CC[C@]3(O)C(=O)[CH]([Na])OC(=O)CCC(=O)O)[C@@]2(C)C=CC(=O)C=C12. The van der Waals surface area contributed by atoms with Crippen LogP contribution in [0.5, 0.6) is 0 Å². The Bertz CT molecular complexity index is 1020. The first-order valence-electron chi connectivity index (χ1n) is 12.6. The molecule has 35 heavy (non-hydrogen) atoms. The second kappa shape index (κ2) is 9.21. The summed E-state index contributed by atoms with van der Waals surface area (Å²) in [5.74, 6) is -2.39. The molecular formula is C26H33NaO8. The third-order valence-corrected chi connectivity index (χ3v) is 10.4. The predicted octanol–water partition coefficient (Wildman–Crippen LogP) is 1.71. The van der Waals surface area contributed by atoms with Crippen molar-refractivity contribution in [1.29, 1.82) is 0 Å². The number of aliphatic hydroxyl groups excluding tert-OH is 1. The Labute approximate surface area is 222 Å². The Morgan fingerprint density at radius 3 is 2.60 bits per heavy atom. The minimum absolute atomic E-state index is 0.00622. The molecule has 0 aromatic heterocycles. The quantitative estimate of drug-likeness (QED) is 0.373. The standard InChI is InChI=1S/C26H33O8.Na/c1-14-10-16-17-7-9-26(33,20(29)13-34-22(32)5-4-21(30)31)25(17,3)12-19(28)23(16)24(2)8-6-15(27)11-18(14)24;/h6,8,11,13-14,16-17,19,23,28,33H,4-5,7,9-10,12H2,1-3H3,(H,30,31);/t14-,16-,17-,19?,23+,24-,25-,26-;/m0./s1. The van der Waals surface area contributed by atoms with Crippen LogP contribution in [0.25, 0.3) is 0 Å². The van der Waals surface area contributed by atoms with E-state index in [2.05, 4.69) is 13.8 Å². The second-order valence-electron chi connectivity index (χ2n) is 11.5. The molecule has 0 amide bonds. The van der Waals surface area contributed by atoms with Crippen molar-refractivity contribution < 1.29 is 39.2 Å². The molecule has 9 heteroatoms. The molecule has 0 aromatic carbocycles. The number of Topliss-reactive ketones (excluding diaryl/α,β-unsaturated/α-hetero) is 1. The van der Waals surface area contributed by atoms with Gasteiger partial charge >= 0.3 is 223 Å². The Hall–Kier alpha value is -1.32. The maximum atomic E-state index is 13.5. The zero-order chi connectivity index (χ0) is 25.9. The fourth-order valence-electron chi connectivity index (χ4n) is 8.01. The Balaban J connectivity index is 1.60. The zero-order valence-electron chi connectivity index (χ0n) is 20.8. The van der Waals surface area contributed by atoms with Gasteiger partial charge in [0, 0.05) is 0 Å². The van der Waals surface area contributed by atoms with Crippen molar-refractivity contribution >= 4 is 51.4 Å². The van der Waals surface area contributed by atoms with Crippen LogP contribution in [0.2, 0.25) is 0 Å². The Kier molecular flexibility index (Phi) is 7.03. The van der Waals surface area contributed by atoms with Crippen LogP contribution in [-0.2, 0) is 23.9 Å². The van der Waals surface area contributed by atoms with Crippen molar-refractivity contribution in [2.75, 3.05) is 0 Å². The number of carbonyl (C=O) groups excluding carboxylic acids is 3. The van der Waals surface area contributed by atoms with E-state index in [0.717, 1.165) is 12.0 Å². The molecule has 4 aliphatic rings. The number of ether oxygens (including phenoxy) is 1. The number of aliphatic hydroxyl groups is 2. The van der Waals surface area contributed by atoms with Gasteiger partial charge in [0.1, 0.15) is 0 Å². The van der Waals surface area contributed by atoms with Crippen LogP contribution in [0, 0.1) is 34.5 Å². The average Bonchev–Trinajstić information content (AvgIpc) is 3.04. The number of ketones is 2. The summed E-state index contributed by atoms with van der Waals surface area (Å²) in [6, 6.07) is 0. The third kappa shape index (κ3) is 4.19. The molecule has 8 nitrogen and oxygen atoms in total. The van der Waals surface area contributed by atoms with E-state index in [1.54, 1.807) is 12.2 Å². The summed E-state index contributed by atoms with van der Waals surface area (Å²) in [6.07, 6.45) is 5.60. The summed E-state index contributed by atoms with van der Waals surface area (Å²) in [5, 5.41) is 32.1. The van der Waals surface area contributed by atoms with Gasteiger partial charge in [-0.1, -0.05) is 0 Å². The molecule has 2 unspecified atom stereocenters. The number of carboxylic acids is 1. The number of carboxylic acid groups (broad SMARTS) is 1. The number of fused-ring (bicyclic) bond motifs is 5. The normalized spacial score (nSPS) is 42.9. The van der Waals surface area contributed by atoms with Crippen LogP contribution < -0.4 is 0 Å². The van der Waals surface area contributed by atoms with Crippen molar-refractivity contribution in [2.45, 2.75) is 74.4 Å². The maximum absolute atomic E-state index is 13.5. The molecule has 3 saturated carbocycles. The van der Waals surface area contributed by atoms with E-state index in [0.29, 0.717) is 6.42 Å². The van der Waals surface area contributed by atoms with E-state index in [-0.39, 0.29) is 83.1 Å². The zero-order valence-corrected chi connectivity index (χ0v) is 22.8. The number of rotatable bonds is 6. The fourth-order valence-corrected chi connectivity index (χ4v) is 8.75. The Morgan fingerprint density at radius 1 is 1.26 bits per heavy atom. The van der Waals surface area contributed by atoms with Crippen LogP contribution in [0.15, 0.2) is 23.8 Å². The number of allylic oxidation sites excluding steroid dienone is 4. The minimum atomic E-state index is -1.73. The number of hydrogen-bond acceptors (Lipinski definition) is 7. The van der Waals surface area contributed by atoms with E-state index < -0.39 is 43.6 Å². The first kappa shape index (κ1) is 26.7. The van der Waals surface area contributed by atoms with Crippen molar-refractivity contribution in [3.8, 4) is 0 Å². The van der Waals surface area contributed by atoms with Gasteiger partial charge in [0.25, 0.3) is 0 Å². The van der Waals surface area contributed by atoms with Crippen molar-refractivity contribution in [1.82, 2.24) is 0 Å². The Morgan fingerprint density at radius 2 is 1.94 bits per heavy atom. The van der Waals surface area contributed by atoms with E-state index in [4.69, 9.17) is 9.84 Å². The molecule has 0 bridgehead atoms. The van der Waals surface area contributed by atoms with E-state index in [9.17, 15) is 29.4 Å².